The van der Waals surface area contributed by atoms with Gasteiger partial charge in [0, 0.05) is 11.9 Å². The summed E-state index contributed by atoms with van der Waals surface area (Å²) >= 11 is 1.23. The third kappa shape index (κ3) is 3.14. The van der Waals surface area contributed by atoms with Crippen LogP contribution in [-0.2, 0) is 0 Å². The highest BCUT2D eigenvalue weighted by molar-refractivity contribution is 7.99. The Morgan fingerprint density at radius 1 is 1.39 bits per heavy atom. The molecule has 0 saturated carbocycles. The zero-order valence-electron chi connectivity index (χ0n) is 12.2. The maximum absolute atomic E-state index is 12.4. The van der Waals surface area contributed by atoms with Crippen LogP contribution in [0.2, 0.25) is 0 Å². The van der Waals surface area contributed by atoms with Crippen molar-refractivity contribution in [3.63, 3.8) is 0 Å². The van der Waals surface area contributed by atoms with E-state index in [1.165, 1.54) is 22.5 Å². The first kappa shape index (κ1) is 15.0. The maximum Gasteiger partial charge on any atom is 0.259 e. The number of aromatic nitrogens is 4. The number of carbonyl (C=O) groups excluding carboxylic acids is 1. The molecule has 0 aliphatic heterocycles. The van der Waals surface area contributed by atoms with Gasteiger partial charge in [-0.1, -0.05) is 30.0 Å². The number of thioether (sulfide) groups is 1. The van der Waals surface area contributed by atoms with Gasteiger partial charge in [0.15, 0.2) is 0 Å². The molecule has 1 N–H and O–H groups in total. The molecule has 1 aromatic carbocycles. The van der Waals surface area contributed by atoms with Crippen molar-refractivity contribution in [1.29, 1.82) is 5.26 Å². The van der Waals surface area contributed by atoms with Gasteiger partial charge in [0.1, 0.15) is 0 Å². The number of anilines is 1. The fraction of sp³-hybridized carbons (Fsp3) is 0.133. The fourth-order valence-electron chi connectivity index (χ4n) is 2.02. The molecule has 2 heterocycles. The third-order valence-electron chi connectivity index (χ3n) is 3.13. The number of carbonyl (C=O) groups is 1. The minimum atomic E-state index is -0.259. The summed E-state index contributed by atoms with van der Waals surface area (Å²) in [4.78, 5) is 20.8. The van der Waals surface area contributed by atoms with E-state index < -0.39 is 0 Å². The Labute approximate surface area is 136 Å². The van der Waals surface area contributed by atoms with Gasteiger partial charge >= 0.3 is 0 Å². The van der Waals surface area contributed by atoms with E-state index in [2.05, 4.69) is 20.4 Å². The Hall–Kier alpha value is -2.92. The Morgan fingerprint density at radius 3 is 2.91 bits per heavy atom. The number of amides is 1. The van der Waals surface area contributed by atoms with Crippen LogP contribution in [0.25, 0.3) is 5.78 Å². The van der Waals surface area contributed by atoms with Crippen molar-refractivity contribution in [2.75, 3.05) is 11.1 Å². The first-order valence-electron chi connectivity index (χ1n) is 6.77. The van der Waals surface area contributed by atoms with Gasteiger partial charge in [-0.05, 0) is 19.1 Å². The van der Waals surface area contributed by atoms with E-state index in [0.29, 0.717) is 27.9 Å². The van der Waals surface area contributed by atoms with Crippen LogP contribution in [0.1, 0.15) is 16.1 Å². The molecule has 0 aliphatic rings. The van der Waals surface area contributed by atoms with Crippen molar-refractivity contribution in [1.82, 2.24) is 19.6 Å². The van der Waals surface area contributed by atoms with Crippen molar-refractivity contribution in [2.24, 2.45) is 0 Å². The zero-order chi connectivity index (χ0) is 16.2. The molecule has 0 radical (unpaired) electrons. The number of benzene rings is 1. The summed E-state index contributed by atoms with van der Waals surface area (Å²) in [6.07, 6.45) is 1.48. The lowest BCUT2D eigenvalue weighted by Gasteiger charge is -2.07. The van der Waals surface area contributed by atoms with Gasteiger partial charge < -0.3 is 5.32 Å². The summed E-state index contributed by atoms with van der Waals surface area (Å²) in [5.41, 5.74) is 1.77. The normalized spacial score (nSPS) is 10.4. The fourth-order valence-corrected chi connectivity index (χ4v) is 2.50. The van der Waals surface area contributed by atoms with Gasteiger partial charge in [-0.25, -0.2) is 4.98 Å². The van der Waals surface area contributed by atoms with Gasteiger partial charge in [0.25, 0.3) is 11.7 Å². The predicted molar refractivity (Wildman–Crippen MR) is 86.3 cm³/mol. The van der Waals surface area contributed by atoms with Crippen LogP contribution in [0.4, 0.5) is 5.69 Å². The molecule has 0 fully saturated rings. The molecule has 1 amide bonds. The predicted octanol–water partition coefficient (Wildman–Crippen LogP) is 2.30. The Kier molecular flexibility index (Phi) is 4.21. The molecule has 23 heavy (non-hydrogen) atoms. The number of nitrogens with one attached hydrogen (secondary N) is 1. The van der Waals surface area contributed by atoms with Crippen LogP contribution in [-0.4, -0.2) is 31.2 Å². The van der Waals surface area contributed by atoms with Gasteiger partial charge in [0.05, 0.1) is 23.1 Å². The van der Waals surface area contributed by atoms with Crippen molar-refractivity contribution in [3.8, 4) is 6.07 Å². The molecule has 2 aromatic heterocycles. The number of aryl methyl sites for hydroxylation is 1. The summed E-state index contributed by atoms with van der Waals surface area (Å²) in [5, 5.41) is 16.2. The number of nitrogens with zero attached hydrogens (tertiary/aromatic N) is 5. The largest absolute Gasteiger partial charge is 0.322 e. The molecular formula is C15H12N6OS. The highest BCUT2D eigenvalue weighted by atomic mass is 32.2. The maximum atomic E-state index is 12.4. The van der Waals surface area contributed by atoms with E-state index in [1.807, 2.05) is 36.4 Å². The number of rotatable bonds is 4. The molecule has 0 saturated heterocycles. The van der Waals surface area contributed by atoms with Crippen LogP contribution in [0.15, 0.2) is 41.7 Å². The van der Waals surface area contributed by atoms with Crippen molar-refractivity contribution < 1.29 is 4.79 Å². The van der Waals surface area contributed by atoms with Gasteiger partial charge in [-0.2, -0.15) is 14.8 Å². The van der Waals surface area contributed by atoms with E-state index in [1.54, 1.807) is 6.92 Å². The number of hydrogen-bond donors (Lipinski definition) is 1. The highest BCUT2D eigenvalue weighted by Crippen LogP contribution is 2.16. The smallest absolute Gasteiger partial charge is 0.259 e. The number of hydrogen-bond acceptors (Lipinski definition) is 6. The molecule has 3 rings (SSSR count). The van der Waals surface area contributed by atoms with Crippen LogP contribution in [0.5, 0.6) is 0 Å². The minimum Gasteiger partial charge on any atom is -0.322 e. The molecule has 7 nitrogen and oxygen atoms in total. The first-order valence-corrected chi connectivity index (χ1v) is 7.76. The average molecular weight is 324 g/mol. The van der Waals surface area contributed by atoms with Crippen molar-refractivity contribution >= 4 is 29.1 Å². The lowest BCUT2D eigenvalue weighted by molar-refractivity contribution is 0.102. The third-order valence-corrected chi connectivity index (χ3v) is 3.83. The number of para-hydroxylation sites is 1. The van der Waals surface area contributed by atoms with Crippen LogP contribution in [0.3, 0.4) is 0 Å². The summed E-state index contributed by atoms with van der Waals surface area (Å²) in [5.74, 6) is 0.404. The summed E-state index contributed by atoms with van der Waals surface area (Å²) in [7, 11) is 0. The van der Waals surface area contributed by atoms with Gasteiger partial charge in [0.2, 0.25) is 5.16 Å². The second kappa shape index (κ2) is 6.46. The zero-order valence-corrected chi connectivity index (χ0v) is 13.0. The highest BCUT2D eigenvalue weighted by Gasteiger charge is 2.15. The summed E-state index contributed by atoms with van der Waals surface area (Å²) < 4.78 is 1.51. The molecule has 114 valence electrons. The van der Waals surface area contributed by atoms with Gasteiger partial charge in [-0.3, -0.25) is 4.79 Å². The van der Waals surface area contributed by atoms with E-state index in [9.17, 15) is 4.79 Å². The van der Waals surface area contributed by atoms with E-state index in [-0.39, 0.29) is 11.7 Å². The quantitative estimate of drug-likeness (QED) is 0.740. The lowest BCUT2D eigenvalue weighted by Crippen LogP contribution is -2.16. The lowest BCUT2D eigenvalue weighted by atomic mass is 10.2. The van der Waals surface area contributed by atoms with Crippen molar-refractivity contribution in [3.05, 3.63) is 47.8 Å². The van der Waals surface area contributed by atoms with E-state index >= 15 is 0 Å². The number of nitriles is 1. The molecule has 3 aromatic rings. The van der Waals surface area contributed by atoms with Crippen LogP contribution >= 0.6 is 11.8 Å². The SMILES string of the molecule is Cc1c(C(=O)Nc2ccccc2)cnc2nc(SCC#N)nn12. The molecule has 0 unspecified atom stereocenters. The van der Waals surface area contributed by atoms with Gasteiger partial charge in [-0.15, -0.1) is 5.10 Å². The van der Waals surface area contributed by atoms with E-state index in [0.717, 1.165) is 0 Å². The Balaban J connectivity index is 1.90. The summed E-state index contributed by atoms with van der Waals surface area (Å²) in [6.45, 7) is 1.78. The topological polar surface area (TPSA) is 96.0 Å². The molecular weight excluding hydrogens is 312 g/mol. The van der Waals surface area contributed by atoms with E-state index in [4.69, 9.17) is 5.26 Å². The first-order chi connectivity index (χ1) is 11.2. The molecule has 8 heteroatoms. The second-order valence-corrected chi connectivity index (χ2v) is 5.57. The monoisotopic (exact) mass is 324 g/mol. The molecule has 0 aliphatic carbocycles. The van der Waals surface area contributed by atoms with Crippen molar-refractivity contribution in [2.45, 2.75) is 12.1 Å². The molecule has 0 atom stereocenters. The number of fused-ring (bicyclic) bond motifs is 1. The Bertz CT molecular complexity index is 899. The molecule has 0 bridgehead atoms. The minimum absolute atomic E-state index is 0.259. The average Bonchev–Trinajstić information content (AvgIpc) is 2.98. The van der Waals surface area contributed by atoms with Crippen LogP contribution in [0, 0.1) is 18.3 Å². The summed E-state index contributed by atoms with van der Waals surface area (Å²) in [6, 6.07) is 11.2. The van der Waals surface area contributed by atoms with Crippen LogP contribution < -0.4 is 5.32 Å². The molecule has 0 spiro atoms. The standard InChI is InChI=1S/C15H12N6OS/c1-10-12(13(22)18-11-5-3-2-4-6-11)9-17-14-19-15(20-21(10)14)23-8-7-16/h2-6,9H,8H2,1H3,(H,18,22). The Morgan fingerprint density at radius 2 is 2.17 bits per heavy atom. The second-order valence-electron chi connectivity index (χ2n) is 4.63.